The maximum atomic E-state index is 12.6. The van der Waals surface area contributed by atoms with E-state index in [1.807, 2.05) is 42.3 Å². The van der Waals surface area contributed by atoms with Gasteiger partial charge in [0.05, 0.1) is 5.25 Å². The van der Waals surface area contributed by atoms with Crippen LogP contribution in [0.3, 0.4) is 0 Å². The molecule has 20 heavy (non-hydrogen) atoms. The summed E-state index contributed by atoms with van der Waals surface area (Å²) < 4.78 is 0.968. The maximum Gasteiger partial charge on any atom is 0.240 e. The summed E-state index contributed by atoms with van der Waals surface area (Å²) in [7, 11) is 0. The molecule has 1 aromatic carbocycles. The van der Waals surface area contributed by atoms with Crippen molar-refractivity contribution >= 4 is 34.7 Å². The van der Waals surface area contributed by atoms with Gasteiger partial charge in [0, 0.05) is 23.3 Å². The van der Waals surface area contributed by atoms with E-state index < -0.39 is 0 Å². The van der Waals surface area contributed by atoms with Crippen LogP contribution in [0.5, 0.6) is 0 Å². The summed E-state index contributed by atoms with van der Waals surface area (Å²) in [4.78, 5) is 18.9. The third kappa shape index (κ3) is 2.60. The Bertz CT molecular complexity index is 638. The first-order valence-electron chi connectivity index (χ1n) is 6.63. The quantitative estimate of drug-likeness (QED) is 0.813. The number of carbonyl (C=O) groups is 1. The van der Waals surface area contributed by atoms with Crippen molar-refractivity contribution in [1.29, 1.82) is 0 Å². The molecular formula is C15H16N2OS2. The van der Waals surface area contributed by atoms with Gasteiger partial charge in [0.25, 0.3) is 0 Å². The Balaban J connectivity index is 1.73. The zero-order chi connectivity index (χ0) is 14.1. The first-order chi connectivity index (χ1) is 9.65. The Labute approximate surface area is 127 Å². The summed E-state index contributed by atoms with van der Waals surface area (Å²) in [6.45, 7) is 4.73. The molecule has 0 bridgehead atoms. The molecule has 0 radical (unpaired) electrons. The van der Waals surface area contributed by atoms with E-state index in [-0.39, 0.29) is 11.2 Å². The lowest BCUT2D eigenvalue weighted by Gasteiger charge is -2.20. The van der Waals surface area contributed by atoms with Crippen molar-refractivity contribution in [2.75, 3.05) is 11.4 Å². The molecule has 1 aliphatic heterocycles. The van der Waals surface area contributed by atoms with E-state index in [1.165, 1.54) is 5.56 Å². The Kier molecular flexibility index (Phi) is 3.81. The minimum atomic E-state index is -0.105. The van der Waals surface area contributed by atoms with Crippen LogP contribution in [0.25, 0.3) is 0 Å². The number of thiazole rings is 1. The second kappa shape index (κ2) is 5.58. The fourth-order valence-electron chi connectivity index (χ4n) is 2.37. The number of benzene rings is 1. The molecule has 0 saturated heterocycles. The smallest absolute Gasteiger partial charge is 0.240 e. The second-order valence-corrected chi connectivity index (χ2v) is 7.33. The average molecular weight is 304 g/mol. The Morgan fingerprint density at radius 3 is 3.00 bits per heavy atom. The minimum Gasteiger partial charge on any atom is -0.311 e. The number of fused-ring (bicyclic) bond motifs is 1. The van der Waals surface area contributed by atoms with Gasteiger partial charge in [0.2, 0.25) is 5.91 Å². The zero-order valence-corrected chi connectivity index (χ0v) is 13.1. The molecule has 1 aromatic heterocycles. The monoisotopic (exact) mass is 304 g/mol. The van der Waals surface area contributed by atoms with Crippen LogP contribution < -0.4 is 4.90 Å². The van der Waals surface area contributed by atoms with E-state index in [4.69, 9.17) is 0 Å². The number of hydrogen-bond donors (Lipinski definition) is 0. The summed E-state index contributed by atoms with van der Waals surface area (Å²) in [5, 5.41) is 1.91. The first kappa shape index (κ1) is 13.6. The zero-order valence-electron chi connectivity index (χ0n) is 11.5. The molecule has 5 heteroatoms. The van der Waals surface area contributed by atoms with Crippen LogP contribution in [-0.4, -0.2) is 22.7 Å². The van der Waals surface area contributed by atoms with Gasteiger partial charge in [-0.05, 0) is 31.9 Å². The predicted octanol–water partition coefficient (Wildman–Crippen LogP) is 3.52. The molecule has 1 aliphatic rings. The predicted molar refractivity (Wildman–Crippen MR) is 84.7 cm³/mol. The van der Waals surface area contributed by atoms with Crippen LogP contribution in [0.4, 0.5) is 5.69 Å². The van der Waals surface area contributed by atoms with Crippen LogP contribution in [0, 0.1) is 6.92 Å². The van der Waals surface area contributed by atoms with Gasteiger partial charge in [0.1, 0.15) is 0 Å². The number of aromatic nitrogens is 1. The number of hydrogen-bond acceptors (Lipinski definition) is 4. The fourth-order valence-corrected chi connectivity index (χ4v) is 4.42. The van der Waals surface area contributed by atoms with Gasteiger partial charge in [-0.1, -0.05) is 30.0 Å². The SMILES string of the molecule is Cc1csc(S[C@H](C)C(=O)N2CCc3ccccc32)n1. The minimum absolute atomic E-state index is 0.105. The van der Waals surface area contributed by atoms with Gasteiger partial charge in [-0.25, -0.2) is 4.98 Å². The van der Waals surface area contributed by atoms with E-state index >= 15 is 0 Å². The van der Waals surface area contributed by atoms with Crippen molar-refractivity contribution in [2.24, 2.45) is 0 Å². The summed E-state index contributed by atoms with van der Waals surface area (Å²) in [5.74, 6) is 0.174. The first-order valence-corrected chi connectivity index (χ1v) is 8.39. The number of thioether (sulfide) groups is 1. The lowest BCUT2D eigenvalue weighted by molar-refractivity contribution is -0.117. The lowest BCUT2D eigenvalue weighted by atomic mass is 10.2. The van der Waals surface area contributed by atoms with Crippen molar-refractivity contribution < 1.29 is 4.79 Å². The van der Waals surface area contributed by atoms with E-state index in [0.29, 0.717) is 0 Å². The van der Waals surface area contributed by atoms with Gasteiger partial charge < -0.3 is 4.90 Å². The Morgan fingerprint density at radius 2 is 2.25 bits per heavy atom. The van der Waals surface area contributed by atoms with E-state index in [0.717, 1.165) is 28.7 Å². The van der Waals surface area contributed by atoms with Crippen LogP contribution in [0.2, 0.25) is 0 Å². The average Bonchev–Trinajstić information content (AvgIpc) is 3.04. The maximum absolute atomic E-state index is 12.6. The molecule has 104 valence electrons. The second-order valence-electron chi connectivity index (χ2n) is 4.88. The van der Waals surface area contributed by atoms with Gasteiger partial charge in [-0.2, -0.15) is 0 Å². The molecule has 1 amide bonds. The Hall–Kier alpha value is -1.33. The van der Waals surface area contributed by atoms with E-state index in [1.54, 1.807) is 23.1 Å². The molecule has 0 spiro atoms. The molecule has 3 rings (SSSR count). The van der Waals surface area contributed by atoms with Crippen molar-refractivity contribution in [1.82, 2.24) is 4.98 Å². The van der Waals surface area contributed by atoms with Crippen LogP contribution >= 0.6 is 23.1 Å². The molecule has 0 unspecified atom stereocenters. The number of aryl methyl sites for hydroxylation is 1. The lowest BCUT2D eigenvalue weighted by Crippen LogP contribution is -2.35. The molecular weight excluding hydrogens is 288 g/mol. The van der Waals surface area contributed by atoms with Gasteiger partial charge >= 0.3 is 0 Å². The van der Waals surface area contributed by atoms with Crippen molar-refractivity contribution in [3.8, 4) is 0 Å². The van der Waals surface area contributed by atoms with Crippen LogP contribution in [0.1, 0.15) is 18.2 Å². The third-order valence-electron chi connectivity index (χ3n) is 3.38. The topological polar surface area (TPSA) is 33.2 Å². The Morgan fingerprint density at radius 1 is 1.45 bits per heavy atom. The van der Waals surface area contributed by atoms with E-state index in [2.05, 4.69) is 11.1 Å². The summed E-state index contributed by atoms with van der Waals surface area (Å²) >= 11 is 3.15. The molecule has 1 atom stereocenters. The van der Waals surface area contributed by atoms with E-state index in [9.17, 15) is 4.79 Å². The van der Waals surface area contributed by atoms with Crippen molar-refractivity contribution in [2.45, 2.75) is 29.9 Å². The normalized spacial score (nSPS) is 15.2. The number of anilines is 1. The largest absolute Gasteiger partial charge is 0.311 e. The summed E-state index contributed by atoms with van der Waals surface area (Å²) in [6, 6.07) is 8.16. The molecule has 2 heterocycles. The third-order valence-corrected chi connectivity index (χ3v) is 5.55. The number of rotatable bonds is 3. The van der Waals surface area contributed by atoms with Crippen molar-refractivity contribution in [3.63, 3.8) is 0 Å². The van der Waals surface area contributed by atoms with Gasteiger partial charge in [-0.15, -0.1) is 11.3 Å². The molecule has 3 nitrogen and oxygen atoms in total. The number of amides is 1. The number of nitrogens with zero attached hydrogens (tertiary/aromatic N) is 2. The molecule has 0 fully saturated rings. The molecule has 0 saturated carbocycles. The fraction of sp³-hybridized carbons (Fsp3) is 0.333. The van der Waals surface area contributed by atoms with Gasteiger partial charge in [-0.3, -0.25) is 4.79 Å². The summed E-state index contributed by atoms with van der Waals surface area (Å²) in [5.41, 5.74) is 3.35. The standard InChI is InChI=1S/C15H16N2OS2/c1-10-9-19-15(16-10)20-11(2)14(18)17-8-7-12-5-3-4-6-13(12)17/h3-6,9,11H,7-8H2,1-2H3/t11-/m1/s1. The highest BCUT2D eigenvalue weighted by atomic mass is 32.2. The number of para-hydroxylation sites is 1. The van der Waals surface area contributed by atoms with Gasteiger partial charge in [0.15, 0.2) is 4.34 Å². The molecule has 0 N–H and O–H groups in total. The molecule has 2 aromatic rings. The highest BCUT2D eigenvalue weighted by Gasteiger charge is 2.28. The van der Waals surface area contributed by atoms with Crippen LogP contribution in [0.15, 0.2) is 34.0 Å². The highest BCUT2D eigenvalue weighted by molar-refractivity contribution is 8.02. The number of carbonyl (C=O) groups excluding carboxylic acids is 1. The molecule has 0 aliphatic carbocycles. The highest BCUT2D eigenvalue weighted by Crippen LogP contribution is 2.32. The summed E-state index contributed by atoms with van der Waals surface area (Å²) in [6.07, 6.45) is 0.954. The van der Waals surface area contributed by atoms with Crippen LogP contribution in [-0.2, 0) is 11.2 Å². The van der Waals surface area contributed by atoms with Crippen molar-refractivity contribution in [3.05, 3.63) is 40.9 Å².